The summed E-state index contributed by atoms with van der Waals surface area (Å²) >= 11 is 0. The number of likely N-dealkylation sites (N-methyl/N-ethyl adjacent to an activating group) is 1. The van der Waals surface area contributed by atoms with E-state index in [-0.39, 0.29) is 17.9 Å². The molecule has 2 saturated heterocycles. The van der Waals surface area contributed by atoms with E-state index >= 15 is 0 Å². The minimum Gasteiger partial charge on any atom is -0.486 e. The van der Waals surface area contributed by atoms with Crippen molar-refractivity contribution in [2.24, 2.45) is 0 Å². The van der Waals surface area contributed by atoms with Crippen molar-refractivity contribution in [2.75, 3.05) is 44.7 Å². The smallest absolute Gasteiger partial charge is 0.253 e. The van der Waals surface area contributed by atoms with Gasteiger partial charge in [-0.2, -0.15) is 0 Å². The van der Waals surface area contributed by atoms with Crippen LogP contribution in [0.15, 0.2) is 18.2 Å². The van der Waals surface area contributed by atoms with Crippen molar-refractivity contribution in [1.29, 1.82) is 0 Å². The summed E-state index contributed by atoms with van der Waals surface area (Å²) in [7, 11) is 2.00. The van der Waals surface area contributed by atoms with Gasteiger partial charge >= 0.3 is 0 Å². The van der Waals surface area contributed by atoms with Crippen LogP contribution in [0.2, 0.25) is 0 Å². The predicted molar refractivity (Wildman–Crippen MR) is 104 cm³/mol. The van der Waals surface area contributed by atoms with Crippen LogP contribution in [0, 0.1) is 0 Å². The average molecular weight is 371 g/mol. The number of carbonyl (C=O) groups is 2. The van der Waals surface area contributed by atoms with Gasteiger partial charge in [-0.15, -0.1) is 0 Å². The number of piperidine rings is 1. The molecule has 0 spiro atoms. The maximum Gasteiger partial charge on any atom is 0.253 e. The summed E-state index contributed by atoms with van der Waals surface area (Å²) in [6, 6.07) is 5.66. The van der Waals surface area contributed by atoms with Crippen LogP contribution in [0.1, 0.15) is 48.9 Å². The van der Waals surface area contributed by atoms with Gasteiger partial charge in [0.2, 0.25) is 5.91 Å². The van der Waals surface area contributed by atoms with Crippen molar-refractivity contribution in [2.45, 2.75) is 44.6 Å². The number of likely N-dealkylation sites (tertiary alicyclic amines) is 2. The molecule has 0 radical (unpaired) electrons. The van der Waals surface area contributed by atoms with E-state index < -0.39 is 0 Å². The van der Waals surface area contributed by atoms with Crippen LogP contribution in [-0.4, -0.2) is 67.5 Å². The van der Waals surface area contributed by atoms with Crippen LogP contribution in [0.25, 0.3) is 0 Å². The highest BCUT2D eigenvalue weighted by molar-refractivity contribution is 5.96. The molecule has 1 unspecified atom stereocenters. The van der Waals surface area contributed by atoms with Crippen molar-refractivity contribution in [3.63, 3.8) is 0 Å². The van der Waals surface area contributed by atoms with E-state index in [2.05, 4.69) is 4.90 Å². The third-order valence-electron chi connectivity index (χ3n) is 5.89. The zero-order chi connectivity index (χ0) is 18.8. The topological polar surface area (TPSA) is 53.1 Å². The summed E-state index contributed by atoms with van der Waals surface area (Å²) < 4.78 is 6.11. The lowest BCUT2D eigenvalue weighted by molar-refractivity contribution is -0.133. The molecule has 27 heavy (non-hydrogen) atoms. The van der Waals surface area contributed by atoms with Crippen molar-refractivity contribution in [1.82, 2.24) is 9.80 Å². The van der Waals surface area contributed by atoms with Gasteiger partial charge < -0.3 is 19.4 Å². The van der Waals surface area contributed by atoms with Crippen LogP contribution in [0.3, 0.4) is 0 Å². The number of hydrogen-bond acceptors (Lipinski definition) is 4. The van der Waals surface area contributed by atoms with Gasteiger partial charge in [0, 0.05) is 38.8 Å². The second-order valence-electron chi connectivity index (χ2n) is 7.95. The number of benzene rings is 1. The first-order valence-electron chi connectivity index (χ1n) is 10.2. The maximum absolute atomic E-state index is 12.6. The molecule has 3 aliphatic rings. The number of hydrogen-bond donors (Lipinski definition) is 0. The molecule has 0 aliphatic carbocycles. The standard InChI is InChI=1S/C21H29N3O3/c1-22-15-17(14-20(25)23-9-3-2-4-10-23)27-19-8-7-16(13-18(19)22)21(26)24-11-5-6-12-24/h7-8,13,17H,2-6,9-12,14-15H2,1H3. The van der Waals surface area contributed by atoms with Gasteiger partial charge in [-0.3, -0.25) is 9.59 Å². The zero-order valence-corrected chi connectivity index (χ0v) is 16.2. The van der Waals surface area contributed by atoms with Crippen LogP contribution < -0.4 is 9.64 Å². The summed E-state index contributed by atoms with van der Waals surface area (Å²) in [6.07, 6.45) is 5.88. The van der Waals surface area contributed by atoms with Gasteiger partial charge in [0.1, 0.15) is 11.9 Å². The maximum atomic E-state index is 12.6. The summed E-state index contributed by atoms with van der Waals surface area (Å²) in [5.74, 6) is 1.06. The number of ether oxygens (including phenoxy) is 1. The number of rotatable bonds is 3. The Morgan fingerprint density at radius 2 is 1.67 bits per heavy atom. The second kappa shape index (κ2) is 7.79. The summed E-state index contributed by atoms with van der Waals surface area (Å²) in [6.45, 7) is 4.11. The predicted octanol–water partition coefficient (Wildman–Crippen LogP) is 2.52. The number of amides is 2. The molecule has 3 aliphatic heterocycles. The zero-order valence-electron chi connectivity index (χ0n) is 16.2. The minimum atomic E-state index is -0.142. The monoisotopic (exact) mass is 371 g/mol. The van der Waals surface area contributed by atoms with Crippen molar-refractivity contribution < 1.29 is 14.3 Å². The third kappa shape index (κ3) is 3.89. The van der Waals surface area contributed by atoms with Gasteiger partial charge in [-0.1, -0.05) is 0 Å². The summed E-state index contributed by atoms with van der Waals surface area (Å²) in [5.41, 5.74) is 1.65. The number of anilines is 1. The van der Waals surface area contributed by atoms with E-state index in [0.717, 1.165) is 63.3 Å². The van der Waals surface area contributed by atoms with Gasteiger partial charge in [0.05, 0.1) is 18.7 Å². The molecule has 6 heteroatoms. The Balaban J connectivity index is 1.43. The molecular weight excluding hydrogens is 342 g/mol. The number of fused-ring (bicyclic) bond motifs is 1. The van der Waals surface area contributed by atoms with Gasteiger partial charge in [0.25, 0.3) is 5.91 Å². The first-order chi connectivity index (χ1) is 13.1. The van der Waals surface area contributed by atoms with Crippen LogP contribution in [0.4, 0.5) is 5.69 Å². The fourth-order valence-electron chi connectivity index (χ4n) is 4.35. The molecule has 2 fully saturated rings. The second-order valence-corrected chi connectivity index (χ2v) is 7.95. The molecule has 1 atom stereocenters. The Hall–Kier alpha value is -2.24. The van der Waals surface area contributed by atoms with Gasteiger partial charge in [-0.25, -0.2) is 0 Å². The highest BCUT2D eigenvalue weighted by Gasteiger charge is 2.29. The van der Waals surface area contributed by atoms with Crippen LogP contribution >= 0.6 is 0 Å². The third-order valence-corrected chi connectivity index (χ3v) is 5.89. The Bertz CT molecular complexity index is 709. The molecule has 0 bridgehead atoms. The van der Waals surface area contributed by atoms with E-state index in [1.807, 2.05) is 35.0 Å². The largest absolute Gasteiger partial charge is 0.486 e. The highest BCUT2D eigenvalue weighted by atomic mass is 16.5. The van der Waals surface area contributed by atoms with Gasteiger partial charge in [0.15, 0.2) is 0 Å². The Kier molecular flexibility index (Phi) is 5.23. The van der Waals surface area contributed by atoms with E-state index in [1.54, 1.807) is 0 Å². The molecule has 4 rings (SSSR count). The van der Waals surface area contributed by atoms with Crippen LogP contribution in [-0.2, 0) is 4.79 Å². The van der Waals surface area contributed by atoms with Crippen molar-refractivity contribution in [3.05, 3.63) is 23.8 Å². The first kappa shape index (κ1) is 18.1. The lowest BCUT2D eigenvalue weighted by Gasteiger charge is -2.35. The Labute approximate surface area is 161 Å². The normalized spacial score (nSPS) is 22.4. The summed E-state index contributed by atoms with van der Waals surface area (Å²) in [4.78, 5) is 31.2. The lowest BCUT2D eigenvalue weighted by Crippen LogP contribution is -2.43. The lowest BCUT2D eigenvalue weighted by atomic mass is 10.1. The summed E-state index contributed by atoms with van der Waals surface area (Å²) in [5, 5.41) is 0. The SMILES string of the molecule is CN1CC(CC(=O)N2CCCCC2)Oc2ccc(C(=O)N3CCCC3)cc21. The number of carbonyl (C=O) groups excluding carboxylic acids is 2. The molecule has 1 aromatic carbocycles. The molecule has 0 aromatic heterocycles. The molecule has 3 heterocycles. The van der Waals surface area contributed by atoms with E-state index in [1.165, 1.54) is 6.42 Å². The van der Waals surface area contributed by atoms with Crippen LogP contribution in [0.5, 0.6) is 5.75 Å². The van der Waals surface area contributed by atoms with Crippen molar-refractivity contribution >= 4 is 17.5 Å². The van der Waals surface area contributed by atoms with Crippen molar-refractivity contribution in [3.8, 4) is 5.75 Å². The minimum absolute atomic E-state index is 0.103. The quantitative estimate of drug-likeness (QED) is 0.819. The molecule has 0 N–H and O–H groups in total. The van der Waals surface area contributed by atoms with E-state index in [4.69, 9.17) is 4.74 Å². The molecule has 2 amide bonds. The average Bonchev–Trinajstić information content (AvgIpc) is 3.23. The van der Waals surface area contributed by atoms with E-state index in [0.29, 0.717) is 18.5 Å². The Morgan fingerprint density at radius 1 is 1.00 bits per heavy atom. The molecule has 0 saturated carbocycles. The number of nitrogens with zero attached hydrogens (tertiary/aromatic N) is 3. The first-order valence-corrected chi connectivity index (χ1v) is 10.2. The van der Waals surface area contributed by atoms with Gasteiger partial charge in [-0.05, 0) is 50.3 Å². The molecular formula is C21H29N3O3. The molecule has 6 nitrogen and oxygen atoms in total. The highest BCUT2D eigenvalue weighted by Crippen LogP contribution is 2.34. The van der Waals surface area contributed by atoms with E-state index in [9.17, 15) is 9.59 Å². The Morgan fingerprint density at radius 3 is 2.41 bits per heavy atom. The fraction of sp³-hybridized carbons (Fsp3) is 0.619. The molecule has 1 aromatic rings. The fourth-order valence-corrected chi connectivity index (χ4v) is 4.35. The molecule has 146 valence electrons.